The molecule has 0 atom stereocenters. The number of carboxylic acid groups (broad SMARTS) is 1. The topological polar surface area (TPSA) is 108 Å². The van der Waals surface area contributed by atoms with Gasteiger partial charge in [-0.3, -0.25) is 0 Å². The molecule has 8 nitrogen and oxygen atoms in total. The highest BCUT2D eigenvalue weighted by molar-refractivity contribution is 7.13. The Kier molecular flexibility index (Phi) is 5.36. The fourth-order valence-electron chi connectivity index (χ4n) is 3.34. The second kappa shape index (κ2) is 8.07. The number of aryl methyl sites for hydroxylation is 1. The summed E-state index contributed by atoms with van der Waals surface area (Å²) in [5.41, 5.74) is 6.70. The van der Waals surface area contributed by atoms with Gasteiger partial charge in [-0.15, -0.1) is 11.3 Å². The third-order valence-electron chi connectivity index (χ3n) is 4.79. The molecule has 28 heavy (non-hydrogen) atoms. The predicted octanol–water partition coefficient (Wildman–Crippen LogP) is 2.00. The lowest BCUT2D eigenvalue weighted by Gasteiger charge is -2.35. The zero-order valence-corrected chi connectivity index (χ0v) is 16.2. The van der Waals surface area contributed by atoms with Gasteiger partial charge in [-0.05, 0) is 25.1 Å². The molecule has 1 fully saturated rings. The van der Waals surface area contributed by atoms with E-state index in [1.54, 1.807) is 5.38 Å². The van der Waals surface area contributed by atoms with Crippen LogP contribution in [0.1, 0.15) is 22.7 Å². The standard InChI is InChI=1S/C19H22N6O2S/c20-7-3-6-16-21-14-5-2-1-4-13(14)17(23-16)24-8-10-25(11-9-24)19-22-15(12-28-19)18(26)27/h1-2,4-5,12H,3,6-11,20H2,(H,26,27). The molecule has 1 saturated heterocycles. The number of hydrogen-bond acceptors (Lipinski definition) is 8. The van der Waals surface area contributed by atoms with Crippen LogP contribution in [0.2, 0.25) is 0 Å². The minimum Gasteiger partial charge on any atom is -0.476 e. The second-order valence-corrected chi connectivity index (χ2v) is 7.50. The van der Waals surface area contributed by atoms with Gasteiger partial charge >= 0.3 is 5.97 Å². The summed E-state index contributed by atoms with van der Waals surface area (Å²) < 4.78 is 0. The Morgan fingerprint density at radius 1 is 1.11 bits per heavy atom. The Labute approximate surface area is 166 Å². The van der Waals surface area contributed by atoms with Crippen LogP contribution in [0.4, 0.5) is 10.9 Å². The van der Waals surface area contributed by atoms with E-state index in [1.807, 2.05) is 18.2 Å². The summed E-state index contributed by atoms with van der Waals surface area (Å²) >= 11 is 1.37. The van der Waals surface area contributed by atoms with E-state index in [4.69, 9.17) is 15.8 Å². The molecule has 3 N–H and O–H groups in total. The Morgan fingerprint density at radius 3 is 2.57 bits per heavy atom. The highest BCUT2D eigenvalue weighted by Gasteiger charge is 2.23. The van der Waals surface area contributed by atoms with E-state index in [2.05, 4.69) is 25.8 Å². The fraction of sp³-hybridized carbons (Fsp3) is 0.368. The Morgan fingerprint density at radius 2 is 1.86 bits per heavy atom. The number of anilines is 2. The van der Waals surface area contributed by atoms with Gasteiger partial charge in [0.15, 0.2) is 10.8 Å². The van der Waals surface area contributed by atoms with Crippen molar-refractivity contribution in [1.82, 2.24) is 15.0 Å². The summed E-state index contributed by atoms with van der Waals surface area (Å²) in [5.74, 6) is 0.800. The third kappa shape index (κ3) is 3.76. The highest BCUT2D eigenvalue weighted by Crippen LogP contribution is 2.27. The molecule has 0 aliphatic carbocycles. The maximum absolute atomic E-state index is 11.1. The van der Waals surface area contributed by atoms with Crippen LogP contribution in [0, 0.1) is 0 Å². The predicted molar refractivity (Wildman–Crippen MR) is 110 cm³/mol. The van der Waals surface area contributed by atoms with Crippen LogP contribution in [-0.2, 0) is 6.42 Å². The quantitative estimate of drug-likeness (QED) is 0.649. The number of carboxylic acids is 1. The van der Waals surface area contributed by atoms with E-state index in [0.717, 1.165) is 66.7 Å². The van der Waals surface area contributed by atoms with E-state index >= 15 is 0 Å². The van der Waals surface area contributed by atoms with Gasteiger partial charge in [0.05, 0.1) is 5.52 Å². The molecule has 0 spiro atoms. The minimum absolute atomic E-state index is 0.105. The van der Waals surface area contributed by atoms with Gasteiger partial charge in [0.25, 0.3) is 0 Å². The lowest BCUT2D eigenvalue weighted by molar-refractivity contribution is 0.0691. The van der Waals surface area contributed by atoms with Crippen molar-refractivity contribution in [2.75, 3.05) is 42.5 Å². The van der Waals surface area contributed by atoms with Gasteiger partial charge in [-0.25, -0.2) is 19.7 Å². The van der Waals surface area contributed by atoms with Gasteiger partial charge in [0.1, 0.15) is 11.6 Å². The van der Waals surface area contributed by atoms with Crippen LogP contribution in [0.15, 0.2) is 29.6 Å². The van der Waals surface area contributed by atoms with E-state index in [9.17, 15) is 4.79 Å². The number of fused-ring (bicyclic) bond motifs is 1. The first-order chi connectivity index (χ1) is 13.7. The maximum Gasteiger partial charge on any atom is 0.355 e. The van der Waals surface area contributed by atoms with E-state index in [0.29, 0.717) is 6.54 Å². The van der Waals surface area contributed by atoms with Crippen molar-refractivity contribution in [3.8, 4) is 0 Å². The molecule has 0 amide bonds. The first-order valence-electron chi connectivity index (χ1n) is 9.30. The maximum atomic E-state index is 11.1. The largest absolute Gasteiger partial charge is 0.476 e. The molecule has 0 bridgehead atoms. The number of carbonyl (C=O) groups is 1. The number of piperazine rings is 1. The van der Waals surface area contributed by atoms with E-state index in [1.165, 1.54) is 11.3 Å². The van der Waals surface area contributed by atoms with Crippen molar-refractivity contribution in [3.63, 3.8) is 0 Å². The van der Waals surface area contributed by atoms with Gasteiger partial charge in [0.2, 0.25) is 0 Å². The van der Waals surface area contributed by atoms with Gasteiger partial charge in [0, 0.05) is 43.4 Å². The Bertz CT molecular complexity index is 983. The zero-order chi connectivity index (χ0) is 19.5. The summed E-state index contributed by atoms with van der Waals surface area (Å²) in [4.78, 5) is 29.2. The number of aromatic nitrogens is 3. The third-order valence-corrected chi connectivity index (χ3v) is 5.70. The molecule has 2 aromatic heterocycles. The lowest BCUT2D eigenvalue weighted by atomic mass is 10.2. The summed E-state index contributed by atoms with van der Waals surface area (Å²) in [6, 6.07) is 8.08. The van der Waals surface area contributed by atoms with Crippen molar-refractivity contribution in [3.05, 3.63) is 41.2 Å². The normalized spacial score (nSPS) is 14.6. The monoisotopic (exact) mass is 398 g/mol. The molecule has 9 heteroatoms. The number of para-hydroxylation sites is 1. The number of nitrogens with zero attached hydrogens (tertiary/aromatic N) is 5. The first-order valence-corrected chi connectivity index (χ1v) is 10.2. The van der Waals surface area contributed by atoms with Crippen LogP contribution in [0.5, 0.6) is 0 Å². The molecular formula is C19H22N6O2S. The van der Waals surface area contributed by atoms with Crippen molar-refractivity contribution in [1.29, 1.82) is 0 Å². The molecule has 0 radical (unpaired) electrons. The smallest absolute Gasteiger partial charge is 0.355 e. The second-order valence-electron chi connectivity index (χ2n) is 6.67. The summed E-state index contributed by atoms with van der Waals surface area (Å²) in [6.45, 7) is 3.74. The Hall–Kier alpha value is -2.78. The molecule has 0 saturated carbocycles. The first kappa shape index (κ1) is 18.6. The fourth-order valence-corrected chi connectivity index (χ4v) is 4.19. The molecule has 3 heterocycles. The molecule has 146 valence electrons. The van der Waals surface area contributed by atoms with Crippen LogP contribution in [0.25, 0.3) is 10.9 Å². The number of benzene rings is 1. The molecule has 1 aliphatic heterocycles. The Balaban J connectivity index is 1.55. The number of hydrogen-bond donors (Lipinski definition) is 2. The average Bonchev–Trinajstić information content (AvgIpc) is 3.22. The zero-order valence-electron chi connectivity index (χ0n) is 15.4. The number of nitrogens with two attached hydrogens (primary N) is 1. The van der Waals surface area contributed by atoms with Crippen LogP contribution >= 0.6 is 11.3 Å². The van der Waals surface area contributed by atoms with Gasteiger partial charge in [-0.2, -0.15) is 0 Å². The number of aromatic carboxylic acids is 1. The summed E-state index contributed by atoms with van der Waals surface area (Å²) in [5, 5.41) is 12.5. The van der Waals surface area contributed by atoms with Crippen molar-refractivity contribution >= 4 is 39.2 Å². The molecule has 1 aliphatic rings. The number of rotatable bonds is 6. The summed E-state index contributed by atoms with van der Waals surface area (Å²) in [6.07, 6.45) is 1.63. The molecule has 1 aromatic carbocycles. The van der Waals surface area contributed by atoms with E-state index < -0.39 is 5.97 Å². The highest BCUT2D eigenvalue weighted by atomic mass is 32.1. The van der Waals surface area contributed by atoms with Gasteiger partial charge < -0.3 is 20.6 Å². The van der Waals surface area contributed by atoms with Crippen LogP contribution in [-0.4, -0.2) is 58.8 Å². The minimum atomic E-state index is -0.987. The van der Waals surface area contributed by atoms with Crippen molar-refractivity contribution in [2.24, 2.45) is 5.73 Å². The lowest BCUT2D eigenvalue weighted by Crippen LogP contribution is -2.47. The van der Waals surface area contributed by atoms with E-state index in [-0.39, 0.29) is 5.69 Å². The summed E-state index contributed by atoms with van der Waals surface area (Å²) in [7, 11) is 0. The SMILES string of the molecule is NCCCc1nc(N2CCN(c3nc(C(=O)O)cs3)CC2)c2ccccc2n1. The molecular weight excluding hydrogens is 376 g/mol. The van der Waals surface area contributed by atoms with Crippen molar-refractivity contribution in [2.45, 2.75) is 12.8 Å². The molecule has 3 aromatic rings. The number of thiazole rings is 1. The van der Waals surface area contributed by atoms with Crippen LogP contribution < -0.4 is 15.5 Å². The van der Waals surface area contributed by atoms with Crippen molar-refractivity contribution < 1.29 is 9.90 Å². The molecule has 0 unspecified atom stereocenters. The average molecular weight is 398 g/mol. The van der Waals surface area contributed by atoms with Crippen LogP contribution in [0.3, 0.4) is 0 Å². The molecule has 4 rings (SSSR count). The van der Waals surface area contributed by atoms with Gasteiger partial charge in [-0.1, -0.05) is 12.1 Å².